The lowest BCUT2D eigenvalue weighted by molar-refractivity contribution is -0.136. The fourth-order valence-electron chi connectivity index (χ4n) is 2.83. The third-order valence-electron chi connectivity index (χ3n) is 4.14. The number of carbonyl (C=O) groups is 1. The molecule has 20 heavy (non-hydrogen) atoms. The summed E-state index contributed by atoms with van der Waals surface area (Å²) in [4.78, 5) is 15.7. The van der Waals surface area contributed by atoms with Crippen molar-refractivity contribution in [3.05, 3.63) is 0 Å². The number of hydrogen-bond acceptors (Lipinski definition) is 4. The van der Waals surface area contributed by atoms with Gasteiger partial charge < -0.3 is 15.4 Å². The first-order valence-corrected chi connectivity index (χ1v) is 7.20. The highest BCUT2D eigenvalue weighted by Crippen LogP contribution is 2.19. The summed E-state index contributed by atoms with van der Waals surface area (Å²) in [6.07, 6.45) is -0.682. The van der Waals surface area contributed by atoms with E-state index in [9.17, 15) is 13.6 Å². The second-order valence-corrected chi connectivity index (χ2v) is 5.49. The first-order chi connectivity index (χ1) is 9.58. The monoisotopic (exact) mass is 291 g/mol. The van der Waals surface area contributed by atoms with Crippen molar-refractivity contribution in [3.63, 3.8) is 0 Å². The van der Waals surface area contributed by atoms with Crippen LogP contribution >= 0.6 is 0 Å². The van der Waals surface area contributed by atoms with Gasteiger partial charge in [-0.25, -0.2) is 8.78 Å². The lowest BCUT2D eigenvalue weighted by atomic mass is 9.91. The number of hydrogen-bond donors (Lipinski definition) is 1. The average molecular weight is 291 g/mol. The molecular formula is C13H23F2N3O2. The maximum absolute atomic E-state index is 12.3. The zero-order valence-corrected chi connectivity index (χ0v) is 11.6. The standard InChI is InChI=1S/C13H23F2N3O2/c14-11(15)9-17-3-5-18(6-4-17)13(19)12(16)10-1-7-20-8-2-10/h10-12H,1-9,16H2. The van der Waals surface area contributed by atoms with E-state index in [-0.39, 0.29) is 18.4 Å². The van der Waals surface area contributed by atoms with Gasteiger partial charge in [-0.1, -0.05) is 0 Å². The van der Waals surface area contributed by atoms with Crippen LogP contribution in [0.1, 0.15) is 12.8 Å². The van der Waals surface area contributed by atoms with E-state index in [1.807, 2.05) is 0 Å². The molecule has 0 aromatic heterocycles. The summed E-state index contributed by atoms with van der Waals surface area (Å²) in [5, 5.41) is 0. The zero-order chi connectivity index (χ0) is 14.5. The molecule has 1 atom stereocenters. The number of carbonyl (C=O) groups excluding carboxylic acids is 1. The smallest absolute Gasteiger partial charge is 0.251 e. The Kier molecular flexibility index (Phi) is 5.68. The summed E-state index contributed by atoms with van der Waals surface area (Å²) in [5.74, 6) is 0.129. The minimum absolute atomic E-state index is 0.0476. The van der Waals surface area contributed by atoms with Crippen LogP contribution in [-0.4, -0.2) is 74.1 Å². The Labute approximate surface area is 118 Å². The van der Waals surface area contributed by atoms with E-state index in [1.165, 1.54) is 0 Å². The highest BCUT2D eigenvalue weighted by Gasteiger charge is 2.31. The molecule has 0 aromatic carbocycles. The van der Waals surface area contributed by atoms with Gasteiger partial charge >= 0.3 is 0 Å². The molecule has 0 radical (unpaired) electrons. The highest BCUT2D eigenvalue weighted by molar-refractivity contribution is 5.82. The minimum atomic E-state index is -2.32. The molecule has 2 heterocycles. The fraction of sp³-hybridized carbons (Fsp3) is 0.923. The summed E-state index contributed by atoms with van der Waals surface area (Å²) in [6, 6.07) is -0.486. The Balaban J connectivity index is 1.78. The van der Waals surface area contributed by atoms with Crippen LogP contribution in [0.5, 0.6) is 0 Å². The van der Waals surface area contributed by atoms with Gasteiger partial charge in [0, 0.05) is 39.4 Å². The minimum Gasteiger partial charge on any atom is -0.381 e. The van der Waals surface area contributed by atoms with Crippen LogP contribution in [0.3, 0.4) is 0 Å². The molecular weight excluding hydrogens is 268 g/mol. The third-order valence-corrected chi connectivity index (χ3v) is 4.14. The van der Waals surface area contributed by atoms with E-state index in [0.717, 1.165) is 12.8 Å². The van der Waals surface area contributed by atoms with Crippen LogP contribution in [0.2, 0.25) is 0 Å². The topological polar surface area (TPSA) is 58.8 Å². The van der Waals surface area contributed by atoms with Gasteiger partial charge in [-0.15, -0.1) is 0 Å². The number of halogens is 2. The Hall–Kier alpha value is -0.790. The molecule has 2 aliphatic rings. The third kappa shape index (κ3) is 4.10. The first kappa shape index (κ1) is 15.6. The van der Waals surface area contributed by atoms with Crippen molar-refractivity contribution in [1.29, 1.82) is 0 Å². The summed E-state index contributed by atoms with van der Waals surface area (Å²) in [7, 11) is 0. The van der Waals surface area contributed by atoms with Crippen LogP contribution in [0.25, 0.3) is 0 Å². The molecule has 5 nitrogen and oxygen atoms in total. The first-order valence-electron chi connectivity index (χ1n) is 7.20. The number of amides is 1. The van der Waals surface area contributed by atoms with E-state index < -0.39 is 12.5 Å². The number of piperazine rings is 1. The lowest BCUT2D eigenvalue weighted by Crippen LogP contribution is -2.55. The fourth-order valence-corrected chi connectivity index (χ4v) is 2.83. The van der Waals surface area contributed by atoms with Gasteiger partial charge in [0.1, 0.15) is 0 Å². The van der Waals surface area contributed by atoms with E-state index in [0.29, 0.717) is 39.4 Å². The van der Waals surface area contributed by atoms with Gasteiger partial charge in [0.2, 0.25) is 5.91 Å². The largest absolute Gasteiger partial charge is 0.381 e. The number of ether oxygens (including phenoxy) is 1. The molecule has 0 spiro atoms. The second kappa shape index (κ2) is 7.28. The van der Waals surface area contributed by atoms with E-state index in [1.54, 1.807) is 9.80 Å². The summed E-state index contributed by atoms with van der Waals surface area (Å²) in [6.45, 7) is 3.08. The van der Waals surface area contributed by atoms with Crippen LogP contribution < -0.4 is 5.73 Å². The van der Waals surface area contributed by atoms with Gasteiger partial charge in [0.05, 0.1) is 12.6 Å². The van der Waals surface area contributed by atoms with Gasteiger partial charge in [0.15, 0.2) is 0 Å². The number of alkyl halides is 2. The predicted octanol–water partition coefficient (Wildman–Crippen LogP) is 0.150. The highest BCUT2D eigenvalue weighted by atomic mass is 19.3. The van der Waals surface area contributed by atoms with Crippen LogP contribution in [-0.2, 0) is 9.53 Å². The summed E-state index contributed by atoms with van der Waals surface area (Å²) < 4.78 is 29.9. The van der Waals surface area contributed by atoms with Crippen LogP contribution in [0, 0.1) is 5.92 Å². The molecule has 2 saturated heterocycles. The number of nitrogens with zero attached hydrogens (tertiary/aromatic N) is 2. The van der Waals surface area contributed by atoms with Crippen molar-refractivity contribution in [2.24, 2.45) is 11.7 Å². The molecule has 2 N–H and O–H groups in total. The number of nitrogens with two attached hydrogens (primary N) is 1. The van der Waals surface area contributed by atoms with Crippen molar-refractivity contribution in [1.82, 2.24) is 9.80 Å². The molecule has 116 valence electrons. The van der Waals surface area contributed by atoms with E-state index in [2.05, 4.69) is 0 Å². The van der Waals surface area contributed by atoms with E-state index in [4.69, 9.17) is 10.5 Å². The summed E-state index contributed by atoms with van der Waals surface area (Å²) in [5.41, 5.74) is 6.06. The summed E-state index contributed by atoms with van der Waals surface area (Å²) >= 11 is 0. The molecule has 1 amide bonds. The van der Waals surface area contributed by atoms with Crippen molar-refractivity contribution < 1.29 is 18.3 Å². The second-order valence-electron chi connectivity index (χ2n) is 5.49. The predicted molar refractivity (Wildman–Crippen MR) is 70.5 cm³/mol. The van der Waals surface area contributed by atoms with Crippen molar-refractivity contribution in [3.8, 4) is 0 Å². The maximum Gasteiger partial charge on any atom is 0.251 e. The molecule has 2 fully saturated rings. The molecule has 2 aliphatic heterocycles. The van der Waals surface area contributed by atoms with Crippen LogP contribution in [0.15, 0.2) is 0 Å². The zero-order valence-electron chi connectivity index (χ0n) is 11.6. The molecule has 0 bridgehead atoms. The van der Waals surface area contributed by atoms with Gasteiger partial charge in [-0.05, 0) is 18.8 Å². The quantitative estimate of drug-likeness (QED) is 0.801. The van der Waals surface area contributed by atoms with Gasteiger partial charge in [-0.3, -0.25) is 9.69 Å². The lowest BCUT2D eigenvalue weighted by Gasteiger charge is -2.37. The maximum atomic E-state index is 12.3. The Morgan fingerprint density at radius 2 is 1.80 bits per heavy atom. The van der Waals surface area contributed by atoms with Crippen molar-refractivity contribution >= 4 is 5.91 Å². The number of rotatable bonds is 4. The SMILES string of the molecule is NC(C(=O)N1CCN(CC(F)F)CC1)C1CCOCC1. The van der Waals surface area contributed by atoms with Crippen molar-refractivity contribution in [2.75, 3.05) is 45.9 Å². The average Bonchev–Trinajstić information content (AvgIpc) is 2.47. The van der Waals surface area contributed by atoms with Gasteiger partial charge in [-0.2, -0.15) is 0 Å². The van der Waals surface area contributed by atoms with Crippen LogP contribution in [0.4, 0.5) is 8.78 Å². The molecule has 1 unspecified atom stereocenters. The molecule has 7 heteroatoms. The van der Waals surface area contributed by atoms with E-state index >= 15 is 0 Å². The van der Waals surface area contributed by atoms with Crippen molar-refractivity contribution in [2.45, 2.75) is 25.3 Å². The molecule has 0 aromatic rings. The Morgan fingerprint density at radius 3 is 2.35 bits per heavy atom. The Bertz CT molecular complexity index is 317. The molecule has 0 aliphatic carbocycles. The normalized spacial score (nSPS) is 24.1. The molecule has 0 saturated carbocycles. The van der Waals surface area contributed by atoms with Gasteiger partial charge in [0.25, 0.3) is 6.43 Å². The molecule has 2 rings (SSSR count). The Morgan fingerprint density at radius 1 is 1.20 bits per heavy atom.